The molecule has 0 aromatic rings. The third kappa shape index (κ3) is 10.4. The second kappa shape index (κ2) is 9.53. The predicted octanol–water partition coefficient (Wildman–Crippen LogP) is -1.74. The molecule has 0 radical (unpaired) electrons. The minimum absolute atomic E-state index is 0. The molecule has 0 saturated heterocycles. The zero-order valence-electron chi connectivity index (χ0n) is 9.77. The van der Waals surface area contributed by atoms with Crippen molar-refractivity contribution in [1.82, 2.24) is 0 Å². The molecule has 0 aliphatic carbocycles. The first-order valence-corrected chi connectivity index (χ1v) is 6.47. The maximum atomic E-state index is 10.5. The molecule has 0 bridgehead atoms. The fourth-order valence-corrected chi connectivity index (χ4v) is 1.62. The van der Waals surface area contributed by atoms with E-state index in [2.05, 4.69) is 0 Å². The molecule has 6 heteroatoms. The zero-order chi connectivity index (χ0) is 11.2. The average molecular weight is 262 g/mol. The molecule has 0 aliphatic heterocycles. The summed E-state index contributed by atoms with van der Waals surface area (Å²) in [5.74, 6) is 0. The first-order valence-electron chi connectivity index (χ1n) is 5.00. The van der Waals surface area contributed by atoms with Gasteiger partial charge in [-0.2, -0.15) is 0 Å². The van der Waals surface area contributed by atoms with Crippen LogP contribution in [0.5, 0.6) is 0 Å². The minimum Gasteiger partial charge on any atom is -0.748 e. The molecule has 0 saturated carbocycles. The van der Waals surface area contributed by atoms with Gasteiger partial charge in [0, 0.05) is 5.25 Å². The van der Waals surface area contributed by atoms with E-state index in [1.54, 1.807) is 0 Å². The van der Waals surface area contributed by atoms with Crippen LogP contribution >= 0.6 is 0 Å². The van der Waals surface area contributed by atoms with Crippen LogP contribution in [0.25, 0.3) is 0 Å². The summed E-state index contributed by atoms with van der Waals surface area (Å²) >= 11 is 0. The summed E-state index contributed by atoms with van der Waals surface area (Å²) < 4.78 is 31.5. The summed E-state index contributed by atoms with van der Waals surface area (Å²) in [5.41, 5.74) is 0. The predicted molar refractivity (Wildman–Crippen MR) is 53.9 cm³/mol. The van der Waals surface area contributed by atoms with Crippen LogP contribution in [0.2, 0.25) is 0 Å². The molecular formula is C9H19KO4S. The van der Waals surface area contributed by atoms with Crippen molar-refractivity contribution < 1.29 is 69.5 Å². The maximum Gasteiger partial charge on any atom is 1.00 e. The van der Waals surface area contributed by atoms with Crippen molar-refractivity contribution in [2.75, 3.05) is 0 Å². The van der Waals surface area contributed by atoms with Gasteiger partial charge >= 0.3 is 51.4 Å². The number of unbranched alkanes of at least 4 members (excludes halogenated alkanes) is 1. The second-order valence-electron chi connectivity index (χ2n) is 3.65. The third-order valence-electron chi connectivity index (χ3n) is 2.36. The summed E-state index contributed by atoms with van der Waals surface area (Å²) in [6.07, 6.45) is 2.95. The molecule has 0 rings (SSSR count). The van der Waals surface area contributed by atoms with Crippen molar-refractivity contribution in [3.05, 3.63) is 0 Å². The Labute approximate surface area is 135 Å². The molecule has 0 heterocycles. The Bertz CT molecular complexity index is 240. The van der Waals surface area contributed by atoms with Gasteiger partial charge in [0.15, 0.2) is 0 Å². The van der Waals surface area contributed by atoms with E-state index >= 15 is 0 Å². The van der Waals surface area contributed by atoms with Crippen LogP contribution in [-0.2, 0) is 10.1 Å². The largest absolute Gasteiger partial charge is 1.00 e. The molecule has 2 unspecified atom stereocenters. The third-order valence-corrected chi connectivity index (χ3v) is 3.58. The summed E-state index contributed by atoms with van der Waals surface area (Å²) in [7, 11) is -4.12. The molecule has 0 aromatic carbocycles. The summed E-state index contributed by atoms with van der Waals surface area (Å²) in [6.45, 7) is 3.33. The Balaban J connectivity index is 0. The number of hydrogen-bond donors (Lipinski definition) is 1. The quantitative estimate of drug-likeness (QED) is 0.335. The van der Waals surface area contributed by atoms with Gasteiger partial charge in [0.1, 0.15) is 0 Å². The molecule has 4 nitrogen and oxygen atoms in total. The van der Waals surface area contributed by atoms with Gasteiger partial charge in [-0.3, -0.25) is 0 Å². The Morgan fingerprint density at radius 3 is 2.13 bits per heavy atom. The number of hydrogen-bond acceptors (Lipinski definition) is 4. The van der Waals surface area contributed by atoms with Crippen LogP contribution in [0.4, 0.5) is 0 Å². The summed E-state index contributed by atoms with van der Waals surface area (Å²) in [5, 5.41) is 8.40. The first-order chi connectivity index (χ1) is 6.38. The molecule has 0 spiro atoms. The summed E-state index contributed by atoms with van der Waals surface area (Å²) in [6, 6.07) is 0. The molecule has 0 aromatic heterocycles. The van der Waals surface area contributed by atoms with Gasteiger partial charge in [-0.25, -0.2) is 8.42 Å². The van der Waals surface area contributed by atoms with Crippen molar-refractivity contribution in [1.29, 1.82) is 0 Å². The standard InChI is InChI=1S/C9H20O4S.K/c1-3-9(10)7-5-4-6-8(2)14(11,12)13;/h8-10H,3-7H2,1-2H3,(H,11,12,13);/q;+1/p-1. The van der Waals surface area contributed by atoms with Gasteiger partial charge in [-0.05, 0) is 26.2 Å². The smallest absolute Gasteiger partial charge is 0.748 e. The van der Waals surface area contributed by atoms with E-state index < -0.39 is 15.4 Å². The van der Waals surface area contributed by atoms with Crippen LogP contribution in [0.3, 0.4) is 0 Å². The van der Waals surface area contributed by atoms with Crippen LogP contribution in [0, 0.1) is 0 Å². The van der Waals surface area contributed by atoms with E-state index in [1.165, 1.54) is 6.92 Å². The van der Waals surface area contributed by atoms with Crippen molar-refractivity contribution in [2.45, 2.75) is 57.3 Å². The fourth-order valence-electron chi connectivity index (χ4n) is 1.16. The van der Waals surface area contributed by atoms with Crippen LogP contribution in [0.1, 0.15) is 46.0 Å². The Kier molecular flexibility index (Phi) is 12.0. The van der Waals surface area contributed by atoms with E-state index in [0.717, 1.165) is 12.8 Å². The fraction of sp³-hybridized carbons (Fsp3) is 1.00. The van der Waals surface area contributed by atoms with Gasteiger partial charge in [-0.1, -0.05) is 19.8 Å². The van der Waals surface area contributed by atoms with Crippen molar-refractivity contribution >= 4 is 10.1 Å². The molecule has 1 N–H and O–H groups in total. The second-order valence-corrected chi connectivity index (χ2v) is 5.44. The Hall–Kier alpha value is 1.51. The number of aliphatic hydroxyl groups excluding tert-OH is 1. The molecule has 86 valence electrons. The van der Waals surface area contributed by atoms with Crippen LogP contribution in [0.15, 0.2) is 0 Å². The van der Waals surface area contributed by atoms with E-state index in [0.29, 0.717) is 19.3 Å². The normalized spacial score (nSPS) is 15.5. The summed E-state index contributed by atoms with van der Waals surface area (Å²) in [4.78, 5) is 0. The number of rotatable bonds is 7. The first kappa shape index (κ1) is 18.9. The SMILES string of the molecule is CCC(O)CCCCC(C)S(=O)(=O)[O-].[K+]. The zero-order valence-corrected chi connectivity index (χ0v) is 13.7. The minimum atomic E-state index is -4.12. The average Bonchev–Trinajstić information content (AvgIpc) is 2.09. The Morgan fingerprint density at radius 2 is 1.73 bits per heavy atom. The topological polar surface area (TPSA) is 77.4 Å². The van der Waals surface area contributed by atoms with Gasteiger partial charge in [-0.15, -0.1) is 0 Å². The van der Waals surface area contributed by atoms with Gasteiger partial charge in [0.2, 0.25) is 0 Å². The number of aliphatic hydroxyl groups is 1. The van der Waals surface area contributed by atoms with Crippen molar-refractivity contribution in [3.8, 4) is 0 Å². The van der Waals surface area contributed by atoms with Crippen molar-refractivity contribution in [2.24, 2.45) is 0 Å². The monoisotopic (exact) mass is 262 g/mol. The Morgan fingerprint density at radius 1 is 1.27 bits per heavy atom. The molecule has 2 atom stereocenters. The van der Waals surface area contributed by atoms with E-state index in [9.17, 15) is 18.1 Å². The van der Waals surface area contributed by atoms with Gasteiger partial charge < -0.3 is 9.66 Å². The molecule has 0 fully saturated rings. The van der Waals surface area contributed by atoms with Crippen LogP contribution in [-0.4, -0.2) is 29.4 Å². The van der Waals surface area contributed by atoms with E-state index in [-0.39, 0.29) is 57.5 Å². The molecule has 15 heavy (non-hydrogen) atoms. The van der Waals surface area contributed by atoms with E-state index in [4.69, 9.17) is 0 Å². The van der Waals surface area contributed by atoms with Gasteiger partial charge in [0.05, 0.1) is 16.2 Å². The van der Waals surface area contributed by atoms with Crippen LogP contribution < -0.4 is 51.4 Å². The molecule has 0 amide bonds. The van der Waals surface area contributed by atoms with Crippen molar-refractivity contribution in [3.63, 3.8) is 0 Å². The van der Waals surface area contributed by atoms with Gasteiger partial charge in [0.25, 0.3) is 0 Å². The molecular weight excluding hydrogens is 243 g/mol. The van der Waals surface area contributed by atoms with E-state index in [1.807, 2.05) is 6.92 Å². The maximum absolute atomic E-state index is 10.5. The molecule has 0 aliphatic rings.